The second-order valence-corrected chi connectivity index (χ2v) is 5.57. The van der Waals surface area contributed by atoms with E-state index in [-0.39, 0.29) is 6.03 Å². The van der Waals surface area contributed by atoms with Gasteiger partial charge < -0.3 is 15.3 Å². The van der Waals surface area contributed by atoms with Crippen molar-refractivity contribution in [3.63, 3.8) is 0 Å². The minimum Gasteiger partial charge on any atom is -0.479 e. The van der Waals surface area contributed by atoms with Crippen LogP contribution in [0.5, 0.6) is 0 Å². The molecule has 1 aromatic rings. The highest BCUT2D eigenvalue weighted by Gasteiger charge is 2.36. The second-order valence-electron chi connectivity index (χ2n) is 4.57. The number of carboxylic acids is 1. The molecular weight excluding hydrogens is 264 g/mol. The van der Waals surface area contributed by atoms with Crippen LogP contribution in [0.25, 0.3) is 0 Å². The van der Waals surface area contributed by atoms with Gasteiger partial charge in [-0.05, 0) is 29.9 Å². The van der Waals surface area contributed by atoms with Crippen LogP contribution < -0.4 is 5.32 Å². The minimum absolute atomic E-state index is 0.280. The fourth-order valence-electron chi connectivity index (χ4n) is 2.28. The molecule has 2 rings (SSSR count). The van der Waals surface area contributed by atoms with Crippen molar-refractivity contribution in [2.45, 2.75) is 32.2 Å². The number of carbonyl (C=O) groups excluding carboxylic acids is 1. The summed E-state index contributed by atoms with van der Waals surface area (Å²) >= 11 is 1.56. The molecule has 2 amide bonds. The summed E-state index contributed by atoms with van der Waals surface area (Å²) in [5.41, 5.74) is 0.759. The summed E-state index contributed by atoms with van der Waals surface area (Å²) in [6, 6.07) is 0.680. The van der Waals surface area contributed by atoms with E-state index in [1.807, 2.05) is 18.4 Å². The Kier molecular flexibility index (Phi) is 4.42. The van der Waals surface area contributed by atoms with Gasteiger partial charge >= 0.3 is 12.0 Å². The van der Waals surface area contributed by atoms with Crippen LogP contribution in [-0.4, -0.2) is 35.1 Å². The Labute approximate surface area is 116 Å². The zero-order valence-corrected chi connectivity index (χ0v) is 11.7. The highest BCUT2D eigenvalue weighted by molar-refractivity contribution is 7.10. The van der Waals surface area contributed by atoms with Crippen LogP contribution in [0.3, 0.4) is 0 Å². The first-order valence-electron chi connectivity index (χ1n) is 6.48. The lowest BCUT2D eigenvalue weighted by Gasteiger charge is -2.33. The third-order valence-corrected chi connectivity index (χ3v) is 4.26. The molecule has 5 nitrogen and oxygen atoms in total. The summed E-state index contributed by atoms with van der Waals surface area (Å²) in [4.78, 5) is 26.0. The fraction of sp³-hybridized carbons (Fsp3) is 0.538. The maximum absolute atomic E-state index is 12.1. The normalized spacial score (nSPS) is 17.9. The van der Waals surface area contributed by atoms with Crippen molar-refractivity contribution in [1.29, 1.82) is 0 Å². The summed E-state index contributed by atoms with van der Waals surface area (Å²) in [5, 5.41) is 14.1. The molecule has 6 heteroatoms. The summed E-state index contributed by atoms with van der Waals surface area (Å²) < 4.78 is 0. The molecule has 2 N–H and O–H groups in total. The Morgan fingerprint density at radius 3 is 3.05 bits per heavy atom. The lowest BCUT2D eigenvalue weighted by molar-refractivity contribution is -0.142. The Balaban J connectivity index is 2.12. The molecule has 0 bridgehead atoms. The molecule has 1 aromatic heterocycles. The smallest absolute Gasteiger partial charge is 0.331 e. The number of aliphatic carboxylic acids is 1. The molecule has 1 aliphatic rings. The Morgan fingerprint density at radius 1 is 1.58 bits per heavy atom. The van der Waals surface area contributed by atoms with Crippen molar-refractivity contribution in [1.82, 2.24) is 10.2 Å². The number of urea groups is 1. The van der Waals surface area contributed by atoms with Crippen LogP contribution in [0.2, 0.25) is 0 Å². The van der Waals surface area contributed by atoms with Crippen LogP contribution in [0.4, 0.5) is 4.79 Å². The van der Waals surface area contributed by atoms with Crippen LogP contribution in [0.1, 0.15) is 36.2 Å². The number of carbonyl (C=O) groups is 2. The van der Waals surface area contributed by atoms with E-state index in [1.165, 1.54) is 4.90 Å². The number of hydrogen-bond donors (Lipinski definition) is 2. The Bertz CT molecular complexity index is 472. The standard InChI is InChI=1S/C13H18N2O3S/c1-2-3-6-14-13(18)15-7-4-10-9(5-8-19-10)11(15)12(16)17/h5,8,11H,2-4,6-7H2,1H3,(H,14,18)(H,16,17). The second kappa shape index (κ2) is 6.06. The first-order valence-corrected chi connectivity index (χ1v) is 7.36. The Hall–Kier alpha value is -1.56. The predicted octanol–water partition coefficient (Wildman–Crippen LogP) is 2.24. The van der Waals surface area contributed by atoms with Gasteiger partial charge in [0.1, 0.15) is 0 Å². The van der Waals surface area contributed by atoms with Crippen molar-refractivity contribution >= 4 is 23.3 Å². The van der Waals surface area contributed by atoms with E-state index >= 15 is 0 Å². The molecule has 1 aliphatic heterocycles. The molecule has 1 atom stereocenters. The quantitative estimate of drug-likeness (QED) is 0.832. The van der Waals surface area contributed by atoms with Crippen molar-refractivity contribution in [2.75, 3.05) is 13.1 Å². The molecule has 0 aliphatic carbocycles. The topological polar surface area (TPSA) is 69.6 Å². The zero-order chi connectivity index (χ0) is 13.8. The third kappa shape index (κ3) is 2.89. The molecule has 2 heterocycles. The summed E-state index contributed by atoms with van der Waals surface area (Å²) in [6.45, 7) is 3.10. The van der Waals surface area contributed by atoms with E-state index in [9.17, 15) is 14.7 Å². The van der Waals surface area contributed by atoms with Crippen LogP contribution in [0, 0.1) is 0 Å². The number of thiophene rings is 1. The summed E-state index contributed by atoms with van der Waals surface area (Å²) in [7, 11) is 0. The highest BCUT2D eigenvalue weighted by atomic mass is 32.1. The number of unbranched alkanes of at least 4 members (excludes halogenated alkanes) is 1. The maximum Gasteiger partial charge on any atom is 0.331 e. The van der Waals surface area contributed by atoms with Gasteiger partial charge in [-0.2, -0.15) is 0 Å². The molecule has 0 radical (unpaired) electrons. The van der Waals surface area contributed by atoms with Gasteiger partial charge in [0, 0.05) is 18.0 Å². The number of carboxylic acid groups (broad SMARTS) is 1. The lowest BCUT2D eigenvalue weighted by atomic mass is 10.0. The largest absolute Gasteiger partial charge is 0.479 e. The van der Waals surface area contributed by atoms with Gasteiger partial charge in [0.05, 0.1) is 0 Å². The van der Waals surface area contributed by atoms with Gasteiger partial charge in [0.25, 0.3) is 0 Å². The summed E-state index contributed by atoms with van der Waals surface area (Å²) in [6.07, 6.45) is 2.64. The van der Waals surface area contributed by atoms with Gasteiger partial charge in [-0.1, -0.05) is 13.3 Å². The fourth-order valence-corrected chi connectivity index (χ4v) is 3.18. The average Bonchev–Trinajstić information content (AvgIpc) is 2.85. The van der Waals surface area contributed by atoms with Gasteiger partial charge in [-0.3, -0.25) is 0 Å². The number of rotatable bonds is 4. The molecule has 19 heavy (non-hydrogen) atoms. The van der Waals surface area contributed by atoms with E-state index < -0.39 is 12.0 Å². The first-order chi connectivity index (χ1) is 9.15. The average molecular weight is 282 g/mol. The molecule has 0 fully saturated rings. The van der Waals surface area contributed by atoms with Crippen LogP contribution in [0.15, 0.2) is 11.4 Å². The molecule has 0 spiro atoms. The lowest BCUT2D eigenvalue weighted by Crippen LogP contribution is -2.48. The summed E-state index contributed by atoms with van der Waals surface area (Å²) in [5.74, 6) is -0.968. The van der Waals surface area contributed by atoms with Crippen LogP contribution in [-0.2, 0) is 11.2 Å². The van der Waals surface area contributed by atoms with Gasteiger partial charge in [-0.15, -0.1) is 11.3 Å². The molecule has 0 aromatic carbocycles. The van der Waals surface area contributed by atoms with Gasteiger partial charge in [0.2, 0.25) is 0 Å². The van der Waals surface area contributed by atoms with Crippen LogP contribution >= 0.6 is 11.3 Å². The number of nitrogens with zero attached hydrogens (tertiary/aromatic N) is 1. The van der Waals surface area contributed by atoms with E-state index in [0.29, 0.717) is 13.1 Å². The molecule has 0 saturated heterocycles. The van der Waals surface area contributed by atoms with E-state index in [4.69, 9.17) is 0 Å². The van der Waals surface area contributed by atoms with E-state index in [2.05, 4.69) is 5.32 Å². The molecule has 1 unspecified atom stereocenters. The number of fused-ring (bicyclic) bond motifs is 1. The zero-order valence-electron chi connectivity index (χ0n) is 10.9. The molecule has 0 saturated carbocycles. The number of hydrogen-bond acceptors (Lipinski definition) is 3. The SMILES string of the molecule is CCCCNC(=O)N1CCc2sccc2C1C(=O)O. The van der Waals surface area contributed by atoms with Gasteiger partial charge in [0.15, 0.2) is 6.04 Å². The molecular formula is C13H18N2O3S. The third-order valence-electron chi connectivity index (χ3n) is 3.27. The van der Waals surface area contributed by atoms with Crippen molar-refractivity contribution in [2.24, 2.45) is 0 Å². The van der Waals surface area contributed by atoms with E-state index in [1.54, 1.807) is 11.3 Å². The van der Waals surface area contributed by atoms with Gasteiger partial charge in [-0.25, -0.2) is 9.59 Å². The van der Waals surface area contributed by atoms with Crippen molar-refractivity contribution in [3.05, 3.63) is 21.9 Å². The predicted molar refractivity (Wildman–Crippen MR) is 73.4 cm³/mol. The highest BCUT2D eigenvalue weighted by Crippen LogP contribution is 2.33. The number of nitrogens with one attached hydrogen (secondary N) is 1. The minimum atomic E-state index is -0.968. The monoisotopic (exact) mass is 282 g/mol. The Morgan fingerprint density at radius 2 is 2.37 bits per heavy atom. The number of amides is 2. The van der Waals surface area contributed by atoms with E-state index in [0.717, 1.165) is 29.7 Å². The maximum atomic E-state index is 12.1. The molecule has 104 valence electrons. The first kappa shape index (κ1) is 13.9. The van der Waals surface area contributed by atoms with Crippen molar-refractivity contribution in [3.8, 4) is 0 Å². The van der Waals surface area contributed by atoms with Crippen molar-refractivity contribution < 1.29 is 14.7 Å².